The number of nitrogens with one attached hydrogen (secondary N) is 1. The average Bonchev–Trinajstić information content (AvgIpc) is 2.87. The highest BCUT2D eigenvalue weighted by Crippen LogP contribution is 2.52. The Kier molecular flexibility index (Phi) is 4.91. The second-order valence-electron chi connectivity index (χ2n) is 6.56. The molecule has 3 atom stereocenters. The van der Waals surface area contributed by atoms with Gasteiger partial charge in [-0.25, -0.2) is 4.79 Å². The molecule has 116 valence electrons. The summed E-state index contributed by atoms with van der Waals surface area (Å²) in [5.74, 6) is 0.455. The number of carbonyl (C=O) groups excluding carboxylic acids is 1. The minimum Gasteiger partial charge on any atom is -0.395 e. The number of unbranched alkanes of at least 4 members (excludes halogenated alkanes) is 1. The van der Waals surface area contributed by atoms with Gasteiger partial charge in [0.2, 0.25) is 0 Å². The van der Waals surface area contributed by atoms with Gasteiger partial charge in [-0.1, -0.05) is 27.2 Å². The fourth-order valence-electron chi connectivity index (χ4n) is 3.63. The third-order valence-electron chi connectivity index (χ3n) is 4.82. The number of rotatable bonds is 6. The van der Waals surface area contributed by atoms with Crippen LogP contribution in [0.25, 0.3) is 0 Å². The molecule has 2 aliphatic rings. The largest absolute Gasteiger partial charge is 0.395 e. The molecule has 2 N–H and O–H groups in total. The first kappa shape index (κ1) is 15.6. The molecule has 0 aromatic carbocycles. The molecule has 5 nitrogen and oxygen atoms in total. The van der Waals surface area contributed by atoms with E-state index in [1.165, 1.54) is 0 Å². The highest BCUT2D eigenvalue weighted by Gasteiger charge is 2.59. The van der Waals surface area contributed by atoms with E-state index in [-0.39, 0.29) is 30.2 Å². The first-order chi connectivity index (χ1) is 9.52. The Balaban J connectivity index is 1.92. The van der Waals surface area contributed by atoms with Crippen molar-refractivity contribution in [2.45, 2.75) is 52.2 Å². The maximum Gasteiger partial charge on any atom is 0.317 e. The third kappa shape index (κ3) is 2.79. The van der Waals surface area contributed by atoms with Crippen molar-refractivity contribution < 1.29 is 14.6 Å². The number of urea groups is 1. The maximum absolute atomic E-state index is 12.4. The third-order valence-corrected chi connectivity index (χ3v) is 4.82. The summed E-state index contributed by atoms with van der Waals surface area (Å²) in [5.41, 5.74) is 0.00642. The Hall–Kier alpha value is -0.810. The zero-order valence-electron chi connectivity index (χ0n) is 12.9. The van der Waals surface area contributed by atoms with Crippen LogP contribution in [0.3, 0.4) is 0 Å². The van der Waals surface area contributed by atoms with Crippen LogP contribution in [0.5, 0.6) is 0 Å². The molecule has 1 aliphatic heterocycles. The molecule has 0 radical (unpaired) electrons. The average molecular weight is 284 g/mol. The molecule has 1 aliphatic carbocycles. The lowest BCUT2D eigenvalue weighted by molar-refractivity contribution is -0.109. The fourth-order valence-corrected chi connectivity index (χ4v) is 3.63. The second kappa shape index (κ2) is 6.31. The number of aliphatic hydroxyl groups excluding tert-OH is 1. The molecule has 3 unspecified atom stereocenters. The van der Waals surface area contributed by atoms with Crippen LogP contribution in [0.4, 0.5) is 4.79 Å². The molecule has 2 fully saturated rings. The van der Waals surface area contributed by atoms with Gasteiger partial charge in [-0.3, -0.25) is 0 Å². The summed E-state index contributed by atoms with van der Waals surface area (Å²) >= 11 is 0. The fraction of sp³-hybridized carbons (Fsp3) is 0.933. The van der Waals surface area contributed by atoms with Crippen molar-refractivity contribution in [1.29, 1.82) is 0 Å². The molecule has 0 aromatic rings. The quantitative estimate of drug-likeness (QED) is 0.779. The molecule has 2 amide bonds. The van der Waals surface area contributed by atoms with E-state index in [0.717, 1.165) is 25.9 Å². The molecule has 20 heavy (non-hydrogen) atoms. The van der Waals surface area contributed by atoms with Crippen molar-refractivity contribution in [1.82, 2.24) is 10.2 Å². The van der Waals surface area contributed by atoms with Crippen LogP contribution in [0.15, 0.2) is 0 Å². The molecule has 1 saturated heterocycles. The topological polar surface area (TPSA) is 61.8 Å². The van der Waals surface area contributed by atoms with E-state index in [2.05, 4.69) is 26.1 Å². The molecular formula is C15H28N2O3. The van der Waals surface area contributed by atoms with Crippen LogP contribution in [0.2, 0.25) is 0 Å². The van der Waals surface area contributed by atoms with Crippen LogP contribution >= 0.6 is 0 Å². The number of carbonyl (C=O) groups is 1. The van der Waals surface area contributed by atoms with E-state index in [0.29, 0.717) is 19.0 Å². The van der Waals surface area contributed by atoms with Gasteiger partial charge in [-0.2, -0.15) is 0 Å². The van der Waals surface area contributed by atoms with Gasteiger partial charge < -0.3 is 20.1 Å². The van der Waals surface area contributed by atoms with Crippen molar-refractivity contribution in [2.24, 2.45) is 11.3 Å². The summed E-state index contributed by atoms with van der Waals surface area (Å²) in [5, 5.41) is 12.3. The molecular weight excluding hydrogens is 256 g/mol. The van der Waals surface area contributed by atoms with Gasteiger partial charge in [0.1, 0.15) is 0 Å². The lowest BCUT2D eigenvalue weighted by Gasteiger charge is -2.54. The van der Waals surface area contributed by atoms with Gasteiger partial charge >= 0.3 is 6.03 Å². The summed E-state index contributed by atoms with van der Waals surface area (Å²) in [6, 6.07) is 0.140. The Morgan fingerprint density at radius 1 is 1.45 bits per heavy atom. The molecule has 0 bridgehead atoms. The van der Waals surface area contributed by atoms with E-state index in [4.69, 9.17) is 9.84 Å². The van der Waals surface area contributed by atoms with Crippen molar-refractivity contribution in [3.05, 3.63) is 0 Å². The monoisotopic (exact) mass is 284 g/mol. The number of amides is 2. The standard InChI is InChI=1S/C15H28N2O3/c1-4-5-7-17(8-9-18)14(19)16-12-11-6-10-20-13(11)15(12,2)3/h11-13,18H,4-10H2,1-3H3,(H,16,19). The van der Waals surface area contributed by atoms with E-state index in [9.17, 15) is 4.79 Å². The summed E-state index contributed by atoms with van der Waals surface area (Å²) < 4.78 is 5.75. The van der Waals surface area contributed by atoms with Gasteiger partial charge in [0.15, 0.2) is 0 Å². The van der Waals surface area contributed by atoms with Gasteiger partial charge in [-0.15, -0.1) is 0 Å². The molecule has 0 aromatic heterocycles. The Labute approximate surface area is 121 Å². The van der Waals surface area contributed by atoms with E-state index in [1.54, 1.807) is 4.90 Å². The number of fused-ring (bicyclic) bond motifs is 1. The predicted molar refractivity (Wildman–Crippen MR) is 77.5 cm³/mol. The lowest BCUT2D eigenvalue weighted by atomic mass is 9.57. The molecule has 1 heterocycles. The van der Waals surface area contributed by atoms with Crippen LogP contribution in [0, 0.1) is 11.3 Å². The first-order valence-corrected chi connectivity index (χ1v) is 7.80. The van der Waals surface area contributed by atoms with Crippen molar-refractivity contribution >= 4 is 6.03 Å². The first-order valence-electron chi connectivity index (χ1n) is 7.80. The summed E-state index contributed by atoms with van der Waals surface area (Å²) in [7, 11) is 0. The van der Waals surface area contributed by atoms with Crippen LogP contribution in [-0.2, 0) is 4.74 Å². The predicted octanol–water partition coefficient (Wildman–Crippen LogP) is 1.60. The smallest absolute Gasteiger partial charge is 0.317 e. The maximum atomic E-state index is 12.4. The van der Waals surface area contributed by atoms with Crippen molar-refractivity contribution in [3.8, 4) is 0 Å². The molecule has 1 saturated carbocycles. The van der Waals surface area contributed by atoms with Crippen LogP contribution in [0.1, 0.15) is 40.0 Å². The van der Waals surface area contributed by atoms with E-state index in [1.807, 2.05) is 0 Å². The molecule has 0 spiro atoms. The number of hydrogen-bond acceptors (Lipinski definition) is 3. The Morgan fingerprint density at radius 2 is 2.20 bits per heavy atom. The van der Waals surface area contributed by atoms with Crippen molar-refractivity contribution in [3.63, 3.8) is 0 Å². The highest BCUT2D eigenvalue weighted by atomic mass is 16.5. The zero-order chi connectivity index (χ0) is 14.8. The zero-order valence-corrected chi connectivity index (χ0v) is 12.9. The van der Waals surface area contributed by atoms with Gasteiger partial charge in [0.05, 0.1) is 12.7 Å². The minimum atomic E-state index is -0.0454. The number of aliphatic hydroxyl groups is 1. The van der Waals surface area contributed by atoms with Gasteiger partial charge in [0.25, 0.3) is 0 Å². The van der Waals surface area contributed by atoms with Crippen LogP contribution in [-0.4, -0.2) is 54.5 Å². The van der Waals surface area contributed by atoms with Crippen LogP contribution < -0.4 is 5.32 Å². The molecule has 2 rings (SSSR count). The Bertz CT molecular complexity index is 346. The second-order valence-corrected chi connectivity index (χ2v) is 6.56. The Morgan fingerprint density at radius 3 is 2.85 bits per heavy atom. The minimum absolute atomic E-state index is 0.00642. The highest BCUT2D eigenvalue weighted by molar-refractivity contribution is 5.75. The SMILES string of the molecule is CCCCN(CCO)C(=O)NC1C2CCOC2C1(C)C. The van der Waals surface area contributed by atoms with E-state index < -0.39 is 0 Å². The number of ether oxygens (including phenoxy) is 1. The van der Waals surface area contributed by atoms with Crippen molar-refractivity contribution in [2.75, 3.05) is 26.3 Å². The lowest BCUT2D eigenvalue weighted by Crippen LogP contribution is -2.68. The van der Waals surface area contributed by atoms with Gasteiger partial charge in [-0.05, 0) is 12.8 Å². The summed E-state index contributed by atoms with van der Waals surface area (Å²) in [6.07, 6.45) is 3.34. The normalized spacial score (nSPS) is 30.5. The molecule has 5 heteroatoms. The van der Waals surface area contributed by atoms with Gasteiger partial charge in [0, 0.05) is 37.1 Å². The summed E-state index contributed by atoms with van der Waals surface area (Å²) in [4.78, 5) is 14.1. The number of hydrogen-bond donors (Lipinski definition) is 2. The number of nitrogens with zero attached hydrogens (tertiary/aromatic N) is 1. The van der Waals surface area contributed by atoms with E-state index >= 15 is 0 Å². The summed E-state index contributed by atoms with van der Waals surface area (Å²) in [6.45, 7) is 8.36.